The molecule has 2 heterocycles. The summed E-state index contributed by atoms with van der Waals surface area (Å²) in [5.74, 6) is 0.126. The van der Waals surface area contributed by atoms with Gasteiger partial charge in [-0.05, 0) is 24.6 Å². The van der Waals surface area contributed by atoms with Gasteiger partial charge in [-0.15, -0.1) is 11.3 Å². The van der Waals surface area contributed by atoms with Gasteiger partial charge < -0.3 is 15.0 Å². The second-order valence-electron chi connectivity index (χ2n) is 5.13. The number of benzene rings is 1. The summed E-state index contributed by atoms with van der Waals surface area (Å²) in [6, 6.07) is 5.97. The first-order valence-corrected chi connectivity index (χ1v) is 8.10. The summed E-state index contributed by atoms with van der Waals surface area (Å²) in [6.45, 7) is 4.43. The average Bonchev–Trinajstić information content (AvgIpc) is 3.00. The lowest BCUT2D eigenvalue weighted by molar-refractivity contribution is -0.136. The van der Waals surface area contributed by atoms with Crippen LogP contribution >= 0.6 is 11.3 Å². The summed E-state index contributed by atoms with van der Waals surface area (Å²) < 4.78 is 6.72. The molecule has 1 atom stereocenters. The third-order valence-electron chi connectivity index (χ3n) is 3.72. The molecule has 21 heavy (non-hydrogen) atoms. The number of nitrogens with one attached hydrogen (secondary N) is 1. The normalized spacial score (nSPS) is 18.9. The number of carbonyl (C=O) groups excluding carboxylic acids is 1. The van der Waals surface area contributed by atoms with Crippen LogP contribution in [-0.2, 0) is 9.53 Å². The molecule has 1 aromatic heterocycles. The topological polar surface area (TPSA) is 54.5 Å². The Labute approximate surface area is 127 Å². The Hall–Kier alpha value is -1.66. The first kappa shape index (κ1) is 14.3. The zero-order valence-electron chi connectivity index (χ0n) is 12.0. The Morgan fingerprint density at radius 3 is 3.33 bits per heavy atom. The minimum Gasteiger partial charge on any atom is -0.376 e. The molecule has 5 nitrogen and oxygen atoms in total. The highest BCUT2D eigenvalue weighted by atomic mass is 32.1. The average molecular weight is 305 g/mol. The number of ether oxygens (including phenoxy) is 1. The molecule has 0 radical (unpaired) electrons. The monoisotopic (exact) mass is 305 g/mol. The van der Waals surface area contributed by atoms with E-state index in [9.17, 15) is 4.79 Å². The van der Waals surface area contributed by atoms with E-state index >= 15 is 0 Å². The Bertz CT molecular complexity index is 628. The first-order chi connectivity index (χ1) is 10.3. The standard InChI is InChI=1S/C15H19N3O2S/c1-2-12-9-18(5-6-20-12)15(19)8-16-11-3-4-13-14(7-11)21-10-17-13/h3-4,7,10,12,16H,2,5-6,8-9H2,1H3. The summed E-state index contributed by atoms with van der Waals surface area (Å²) in [5.41, 5.74) is 3.79. The lowest BCUT2D eigenvalue weighted by Crippen LogP contribution is -2.47. The number of nitrogens with zero attached hydrogens (tertiary/aromatic N) is 2. The molecule has 0 spiro atoms. The summed E-state index contributed by atoms with van der Waals surface area (Å²) in [5, 5.41) is 3.20. The highest BCUT2D eigenvalue weighted by molar-refractivity contribution is 7.16. The van der Waals surface area contributed by atoms with Crippen molar-refractivity contribution in [3.05, 3.63) is 23.7 Å². The predicted molar refractivity (Wildman–Crippen MR) is 84.7 cm³/mol. The van der Waals surface area contributed by atoms with E-state index in [-0.39, 0.29) is 12.0 Å². The number of anilines is 1. The van der Waals surface area contributed by atoms with Crippen molar-refractivity contribution in [1.82, 2.24) is 9.88 Å². The van der Waals surface area contributed by atoms with Crippen LogP contribution in [0.15, 0.2) is 23.7 Å². The molecular weight excluding hydrogens is 286 g/mol. The SMILES string of the molecule is CCC1CN(C(=O)CNc2ccc3ncsc3c2)CCO1. The van der Waals surface area contributed by atoms with Gasteiger partial charge in [-0.3, -0.25) is 4.79 Å². The van der Waals surface area contributed by atoms with Crippen molar-refractivity contribution < 1.29 is 9.53 Å². The molecule has 1 aliphatic heterocycles. The molecule has 0 bridgehead atoms. The molecule has 112 valence electrons. The van der Waals surface area contributed by atoms with Crippen molar-refractivity contribution >= 4 is 33.1 Å². The minimum atomic E-state index is 0.126. The molecule has 0 saturated carbocycles. The third kappa shape index (κ3) is 3.33. The van der Waals surface area contributed by atoms with E-state index in [0.29, 0.717) is 26.2 Å². The van der Waals surface area contributed by atoms with E-state index in [1.165, 1.54) is 0 Å². The van der Waals surface area contributed by atoms with Crippen molar-refractivity contribution in [3.8, 4) is 0 Å². The molecular formula is C15H19N3O2S. The van der Waals surface area contributed by atoms with Gasteiger partial charge in [0.2, 0.25) is 5.91 Å². The predicted octanol–water partition coefficient (Wildman–Crippen LogP) is 2.35. The number of hydrogen-bond donors (Lipinski definition) is 1. The first-order valence-electron chi connectivity index (χ1n) is 7.22. The largest absolute Gasteiger partial charge is 0.376 e. The Morgan fingerprint density at radius 2 is 2.48 bits per heavy atom. The Balaban J connectivity index is 1.57. The van der Waals surface area contributed by atoms with Gasteiger partial charge in [0.05, 0.1) is 35.0 Å². The Morgan fingerprint density at radius 1 is 1.57 bits per heavy atom. The number of amides is 1. The number of aromatic nitrogens is 1. The lowest BCUT2D eigenvalue weighted by atomic mass is 10.2. The van der Waals surface area contributed by atoms with E-state index in [0.717, 1.165) is 22.3 Å². The maximum atomic E-state index is 12.2. The molecule has 1 N–H and O–H groups in total. The van der Waals surface area contributed by atoms with Gasteiger partial charge in [0.25, 0.3) is 0 Å². The maximum absolute atomic E-state index is 12.2. The zero-order chi connectivity index (χ0) is 14.7. The van der Waals surface area contributed by atoms with E-state index in [1.54, 1.807) is 11.3 Å². The summed E-state index contributed by atoms with van der Waals surface area (Å²) in [7, 11) is 0. The number of hydrogen-bond acceptors (Lipinski definition) is 5. The van der Waals surface area contributed by atoms with Crippen LogP contribution < -0.4 is 5.32 Å². The molecule has 6 heteroatoms. The number of morpholine rings is 1. The second-order valence-corrected chi connectivity index (χ2v) is 6.02. The van der Waals surface area contributed by atoms with Gasteiger partial charge in [0, 0.05) is 18.8 Å². The van der Waals surface area contributed by atoms with Crippen molar-refractivity contribution in [2.75, 3.05) is 31.6 Å². The maximum Gasteiger partial charge on any atom is 0.242 e. The van der Waals surface area contributed by atoms with Crippen LogP contribution in [0.3, 0.4) is 0 Å². The molecule has 1 aromatic carbocycles. The van der Waals surface area contributed by atoms with Crippen molar-refractivity contribution in [2.24, 2.45) is 0 Å². The third-order valence-corrected chi connectivity index (χ3v) is 4.51. The fraction of sp³-hybridized carbons (Fsp3) is 0.467. The number of thiazole rings is 1. The summed E-state index contributed by atoms with van der Waals surface area (Å²) >= 11 is 1.60. The fourth-order valence-corrected chi connectivity index (χ4v) is 3.16. The van der Waals surface area contributed by atoms with E-state index < -0.39 is 0 Å². The van der Waals surface area contributed by atoms with Crippen LogP contribution in [0.2, 0.25) is 0 Å². The molecule has 1 fully saturated rings. The van der Waals surface area contributed by atoms with Crippen LogP contribution in [-0.4, -0.2) is 48.1 Å². The number of carbonyl (C=O) groups is 1. The molecule has 1 saturated heterocycles. The van der Waals surface area contributed by atoms with Crippen LogP contribution in [0.4, 0.5) is 5.69 Å². The van der Waals surface area contributed by atoms with Gasteiger partial charge in [-0.1, -0.05) is 6.92 Å². The zero-order valence-corrected chi connectivity index (χ0v) is 12.9. The van der Waals surface area contributed by atoms with Gasteiger partial charge in [0.1, 0.15) is 0 Å². The van der Waals surface area contributed by atoms with Crippen molar-refractivity contribution in [1.29, 1.82) is 0 Å². The van der Waals surface area contributed by atoms with Crippen molar-refractivity contribution in [3.63, 3.8) is 0 Å². The van der Waals surface area contributed by atoms with Gasteiger partial charge in [-0.2, -0.15) is 0 Å². The summed E-state index contributed by atoms with van der Waals surface area (Å²) in [6.07, 6.45) is 1.12. The highest BCUT2D eigenvalue weighted by Gasteiger charge is 2.22. The van der Waals surface area contributed by atoms with Crippen molar-refractivity contribution in [2.45, 2.75) is 19.4 Å². The van der Waals surface area contributed by atoms with Crippen LogP contribution in [0, 0.1) is 0 Å². The lowest BCUT2D eigenvalue weighted by Gasteiger charge is -2.32. The number of fused-ring (bicyclic) bond motifs is 1. The van der Waals surface area contributed by atoms with Crippen LogP contribution in [0.1, 0.15) is 13.3 Å². The van der Waals surface area contributed by atoms with Gasteiger partial charge in [-0.25, -0.2) is 4.98 Å². The van der Waals surface area contributed by atoms with Crippen LogP contribution in [0.25, 0.3) is 10.2 Å². The van der Waals surface area contributed by atoms with E-state index in [2.05, 4.69) is 17.2 Å². The summed E-state index contributed by atoms with van der Waals surface area (Å²) in [4.78, 5) is 18.4. The van der Waals surface area contributed by atoms with E-state index in [1.807, 2.05) is 28.6 Å². The number of rotatable bonds is 4. The second kappa shape index (κ2) is 6.41. The van der Waals surface area contributed by atoms with Crippen LogP contribution in [0.5, 0.6) is 0 Å². The highest BCUT2D eigenvalue weighted by Crippen LogP contribution is 2.21. The Kier molecular flexibility index (Phi) is 4.36. The van der Waals surface area contributed by atoms with E-state index in [4.69, 9.17) is 4.74 Å². The molecule has 1 amide bonds. The molecule has 2 aromatic rings. The smallest absolute Gasteiger partial charge is 0.242 e. The fourth-order valence-electron chi connectivity index (χ4n) is 2.45. The molecule has 0 aliphatic carbocycles. The minimum absolute atomic E-state index is 0.126. The molecule has 1 unspecified atom stereocenters. The van der Waals surface area contributed by atoms with Gasteiger partial charge >= 0.3 is 0 Å². The quantitative estimate of drug-likeness (QED) is 0.942. The van der Waals surface area contributed by atoms with Gasteiger partial charge in [0.15, 0.2) is 0 Å². The molecule has 1 aliphatic rings. The molecule has 3 rings (SSSR count).